The summed E-state index contributed by atoms with van der Waals surface area (Å²) in [6, 6.07) is 14.3. The van der Waals surface area contributed by atoms with Crippen LogP contribution in [0.4, 0.5) is 0 Å². The lowest BCUT2D eigenvalue weighted by Gasteiger charge is -2.00. The van der Waals surface area contributed by atoms with Gasteiger partial charge in [-0.3, -0.25) is 4.79 Å². The smallest absolute Gasteiger partial charge is 0.206 e. The van der Waals surface area contributed by atoms with Gasteiger partial charge in [-0.15, -0.1) is 0 Å². The Kier molecular flexibility index (Phi) is 4.86. The van der Waals surface area contributed by atoms with Gasteiger partial charge in [0.1, 0.15) is 5.75 Å². The minimum atomic E-state index is 0.625. The molecule has 0 aromatic heterocycles. The van der Waals surface area contributed by atoms with Gasteiger partial charge in [-0.25, -0.2) is 0 Å². The molecule has 2 aromatic rings. The van der Waals surface area contributed by atoms with Gasteiger partial charge in [0.2, 0.25) is 6.41 Å². The Morgan fingerprint density at radius 1 is 1.12 bits per heavy atom. The van der Waals surface area contributed by atoms with Gasteiger partial charge >= 0.3 is 0 Å². The van der Waals surface area contributed by atoms with Crippen LogP contribution in [0.5, 0.6) is 5.75 Å². The molecule has 16 heavy (non-hydrogen) atoms. The molecule has 0 spiro atoms. The number of carbonyl (C=O) groups is 1. The first kappa shape index (κ1) is 12.0. The van der Waals surface area contributed by atoms with Gasteiger partial charge in [0, 0.05) is 7.05 Å². The van der Waals surface area contributed by atoms with Crippen molar-refractivity contribution in [3.63, 3.8) is 0 Å². The molecule has 1 amide bonds. The average molecular weight is 217 g/mol. The van der Waals surface area contributed by atoms with Crippen molar-refractivity contribution in [2.75, 3.05) is 14.2 Å². The molecule has 2 aromatic carbocycles. The van der Waals surface area contributed by atoms with E-state index in [1.807, 2.05) is 24.3 Å². The van der Waals surface area contributed by atoms with Crippen LogP contribution in [0, 0.1) is 0 Å². The van der Waals surface area contributed by atoms with Crippen LogP contribution in [0.25, 0.3) is 10.8 Å². The van der Waals surface area contributed by atoms with E-state index in [4.69, 9.17) is 9.53 Å². The normalized spacial score (nSPS) is 8.88. The molecule has 0 radical (unpaired) electrons. The number of nitrogens with one attached hydrogen (secondary N) is 1. The summed E-state index contributed by atoms with van der Waals surface area (Å²) in [5, 5.41) is 4.72. The number of methoxy groups -OCH3 is 1. The summed E-state index contributed by atoms with van der Waals surface area (Å²) < 4.78 is 5.12. The quantitative estimate of drug-likeness (QED) is 0.783. The molecule has 0 fully saturated rings. The van der Waals surface area contributed by atoms with Gasteiger partial charge < -0.3 is 10.1 Å². The lowest BCUT2D eigenvalue weighted by molar-refractivity contribution is -0.109. The Labute approximate surface area is 95.0 Å². The van der Waals surface area contributed by atoms with Crippen LogP contribution in [-0.2, 0) is 4.79 Å². The highest BCUT2D eigenvalue weighted by Crippen LogP contribution is 2.19. The summed E-state index contributed by atoms with van der Waals surface area (Å²) in [4.78, 5) is 9.06. The zero-order valence-electron chi connectivity index (χ0n) is 9.44. The van der Waals surface area contributed by atoms with Gasteiger partial charge in [0.15, 0.2) is 0 Å². The Morgan fingerprint density at radius 2 is 1.75 bits per heavy atom. The largest absolute Gasteiger partial charge is 0.497 e. The molecule has 0 unspecified atom stereocenters. The van der Waals surface area contributed by atoms with Gasteiger partial charge in [0.25, 0.3) is 0 Å². The predicted molar refractivity (Wildman–Crippen MR) is 65.6 cm³/mol. The van der Waals surface area contributed by atoms with Gasteiger partial charge in [-0.05, 0) is 22.9 Å². The van der Waals surface area contributed by atoms with Crippen molar-refractivity contribution in [1.82, 2.24) is 5.32 Å². The van der Waals surface area contributed by atoms with E-state index in [0.29, 0.717) is 6.41 Å². The van der Waals surface area contributed by atoms with Crippen molar-refractivity contribution in [1.29, 1.82) is 0 Å². The number of benzene rings is 2. The van der Waals surface area contributed by atoms with E-state index < -0.39 is 0 Å². The number of carbonyl (C=O) groups excluding carboxylic acids is 1. The number of fused-ring (bicyclic) bond motifs is 1. The van der Waals surface area contributed by atoms with Crippen LogP contribution in [0.2, 0.25) is 0 Å². The maximum atomic E-state index is 9.06. The molecule has 0 aliphatic heterocycles. The molecule has 2 rings (SSSR count). The van der Waals surface area contributed by atoms with Gasteiger partial charge in [-0.2, -0.15) is 0 Å². The monoisotopic (exact) mass is 217 g/mol. The minimum absolute atomic E-state index is 0.625. The molecule has 84 valence electrons. The van der Waals surface area contributed by atoms with E-state index in [0.717, 1.165) is 5.75 Å². The van der Waals surface area contributed by atoms with E-state index in [1.54, 1.807) is 14.2 Å². The number of hydrogen-bond acceptors (Lipinski definition) is 2. The topological polar surface area (TPSA) is 38.3 Å². The van der Waals surface area contributed by atoms with Crippen LogP contribution in [0.3, 0.4) is 0 Å². The molecule has 0 saturated carbocycles. The maximum absolute atomic E-state index is 9.06. The van der Waals surface area contributed by atoms with E-state index in [1.165, 1.54) is 10.8 Å². The van der Waals surface area contributed by atoms with E-state index in [-0.39, 0.29) is 0 Å². The van der Waals surface area contributed by atoms with Crippen LogP contribution in [0.15, 0.2) is 42.5 Å². The summed E-state index contributed by atoms with van der Waals surface area (Å²) >= 11 is 0. The highest BCUT2D eigenvalue weighted by Gasteiger charge is 1.93. The Hall–Kier alpha value is -2.03. The summed E-state index contributed by atoms with van der Waals surface area (Å²) in [5.41, 5.74) is 0. The second-order valence-corrected chi connectivity index (χ2v) is 3.12. The van der Waals surface area contributed by atoms with E-state index in [2.05, 4.69) is 23.5 Å². The van der Waals surface area contributed by atoms with E-state index >= 15 is 0 Å². The first-order valence-corrected chi connectivity index (χ1v) is 4.95. The summed E-state index contributed by atoms with van der Waals surface area (Å²) in [5.74, 6) is 0.911. The average Bonchev–Trinajstić information content (AvgIpc) is 2.38. The molecule has 3 nitrogen and oxygen atoms in total. The molecular formula is C13H15NO2. The van der Waals surface area contributed by atoms with Crippen molar-refractivity contribution >= 4 is 17.2 Å². The Balaban J connectivity index is 0.000000280. The third-order valence-corrected chi connectivity index (χ3v) is 2.07. The fraction of sp³-hybridized carbons (Fsp3) is 0.154. The van der Waals surface area contributed by atoms with Crippen molar-refractivity contribution in [2.45, 2.75) is 0 Å². The lowest BCUT2D eigenvalue weighted by atomic mass is 10.1. The molecule has 0 bridgehead atoms. The standard InChI is InChI=1S/C11H10O.C2H5NO/c1-12-11-7-6-9-4-2-3-5-10(9)8-11;1-3-2-4/h2-8H,1H3;2H,1H3,(H,3,4). The zero-order chi connectivity index (χ0) is 11.8. The highest BCUT2D eigenvalue weighted by atomic mass is 16.5. The third kappa shape index (κ3) is 3.28. The van der Waals surface area contributed by atoms with Gasteiger partial charge in [0.05, 0.1) is 7.11 Å². The molecule has 0 aliphatic carbocycles. The summed E-state index contributed by atoms with van der Waals surface area (Å²) in [6.45, 7) is 0. The molecule has 3 heteroatoms. The summed E-state index contributed by atoms with van der Waals surface area (Å²) in [6.07, 6.45) is 0.625. The molecule has 1 N–H and O–H groups in total. The fourth-order valence-corrected chi connectivity index (χ4v) is 1.29. The Bertz CT molecular complexity index is 454. The van der Waals surface area contributed by atoms with Crippen molar-refractivity contribution in [3.05, 3.63) is 42.5 Å². The predicted octanol–water partition coefficient (Wildman–Crippen LogP) is 2.21. The maximum Gasteiger partial charge on any atom is 0.206 e. The van der Waals surface area contributed by atoms with Crippen LogP contribution < -0.4 is 10.1 Å². The molecular weight excluding hydrogens is 202 g/mol. The second kappa shape index (κ2) is 6.45. The number of rotatable bonds is 2. The number of hydrogen-bond donors (Lipinski definition) is 1. The van der Waals surface area contributed by atoms with E-state index in [9.17, 15) is 0 Å². The van der Waals surface area contributed by atoms with Crippen molar-refractivity contribution < 1.29 is 9.53 Å². The minimum Gasteiger partial charge on any atom is -0.497 e. The SMILES string of the molecule is CNC=O.COc1ccc2ccccc2c1. The molecule has 0 saturated heterocycles. The fourth-order valence-electron chi connectivity index (χ4n) is 1.29. The molecule has 0 atom stereocenters. The number of amides is 1. The molecule has 0 aliphatic rings. The lowest BCUT2D eigenvalue weighted by Crippen LogP contribution is -1.98. The number of ether oxygens (including phenoxy) is 1. The third-order valence-electron chi connectivity index (χ3n) is 2.07. The van der Waals surface area contributed by atoms with Crippen LogP contribution >= 0.6 is 0 Å². The zero-order valence-corrected chi connectivity index (χ0v) is 9.44. The second-order valence-electron chi connectivity index (χ2n) is 3.12. The van der Waals surface area contributed by atoms with Crippen molar-refractivity contribution in [3.8, 4) is 5.75 Å². The van der Waals surface area contributed by atoms with Gasteiger partial charge in [-0.1, -0.05) is 30.3 Å². The molecule has 0 heterocycles. The first-order valence-electron chi connectivity index (χ1n) is 4.95. The highest BCUT2D eigenvalue weighted by molar-refractivity contribution is 5.83. The van der Waals surface area contributed by atoms with Crippen molar-refractivity contribution in [2.24, 2.45) is 0 Å². The first-order chi connectivity index (χ1) is 7.81. The Morgan fingerprint density at radius 3 is 2.31 bits per heavy atom. The summed E-state index contributed by atoms with van der Waals surface area (Å²) in [7, 11) is 3.25. The van der Waals surface area contributed by atoms with Crippen LogP contribution in [0.1, 0.15) is 0 Å². The van der Waals surface area contributed by atoms with Crippen LogP contribution in [-0.4, -0.2) is 20.6 Å².